The maximum Gasteiger partial charge on any atom is 0.0556 e. The largest absolute Gasteiger partial charge is 0.395 e. The molecule has 1 heterocycles. The SMILES string of the molecule is CC(O)C1CC(NCCO)CN(C(C)C2CCC2)C1. The summed E-state index contributed by atoms with van der Waals surface area (Å²) in [5.74, 6) is 1.21. The van der Waals surface area contributed by atoms with Gasteiger partial charge in [-0.2, -0.15) is 0 Å². The Kier molecular flexibility index (Phi) is 5.63. The van der Waals surface area contributed by atoms with Gasteiger partial charge in [-0.1, -0.05) is 6.42 Å². The van der Waals surface area contributed by atoms with Gasteiger partial charge < -0.3 is 15.5 Å². The second kappa shape index (κ2) is 7.02. The van der Waals surface area contributed by atoms with E-state index in [4.69, 9.17) is 5.11 Å². The highest BCUT2D eigenvalue weighted by Gasteiger charge is 2.35. The van der Waals surface area contributed by atoms with Gasteiger partial charge >= 0.3 is 0 Å². The molecule has 3 N–H and O–H groups in total. The summed E-state index contributed by atoms with van der Waals surface area (Å²) >= 11 is 0. The molecule has 1 aliphatic carbocycles. The van der Waals surface area contributed by atoms with Crippen molar-refractivity contribution in [1.29, 1.82) is 0 Å². The predicted octanol–water partition coefficient (Wildman–Crippen LogP) is 0.828. The van der Waals surface area contributed by atoms with Crippen LogP contribution in [-0.2, 0) is 0 Å². The summed E-state index contributed by atoms with van der Waals surface area (Å²) in [5.41, 5.74) is 0. The fourth-order valence-corrected chi connectivity index (χ4v) is 3.49. The fourth-order valence-electron chi connectivity index (χ4n) is 3.49. The molecule has 0 amide bonds. The molecule has 2 aliphatic rings. The molecule has 4 atom stereocenters. The lowest BCUT2D eigenvalue weighted by atomic mass is 9.78. The van der Waals surface area contributed by atoms with Gasteiger partial charge in [0.2, 0.25) is 0 Å². The Morgan fingerprint density at radius 3 is 2.47 bits per heavy atom. The average Bonchev–Trinajstić information content (AvgIpc) is 2.33. The van der Waals surface area contributed by atoms with Crippen molar-refractivity contribution in [3.8, 4) is 0 Å². The number of hydrogen-bond donors (Lipinski definition) is 3. The minimum absolute atomic E-state index is 0.189. The van der Waals surface area contributed by atoms with Crippen LogP contribution in [0.1, 0.15) is 39.5 Å². The molecular weight excluding hydrogens is 240 g/mol. The van der Waals surface area contributed by atoms with Crippen LogP contribution >= 0.6 is 0 Å². The second-order valence-corrected chi connectivity index (χ2v) is 6.50. The fraction of sp³-hybridized carbons (Fsp3) is 1.00. The van der Waals surface area contributed by atoms with Crippen molar-refractivity contribution >= 4 is 0 Å². The molecule has 0 spiro atoms. The van der Waals surface area contributed by atoms with E-state index < -0.39 is 0 Å². The normalized spacial score (nSPS) is 32.8. The van der Waals surface area contributed by atoms with Crippen LogP contribution in [0.3, 0.4) is 0 Å². The van der Waals surface area contributed by atoms with Crippen LogP contribution in [0, 0.1) is 11.8 Å². The van der Waals surface area contributed by atoms with Gasteiger partial charge in [-0.25, -0.2) is 0 Å². The summed E-state index contributed by atoms with van der Waals surface area (Å²) in [4.78, 5) is 2.56. The summed E-state index contributed by atoms with van der Waals surface area (Å²) in [6.07, 6.45) is 4.90. The third-order valence-electron chi connectivity index (χ3n) is 5.15. The van der Waals surface area contributed by atoms with Crippen molar-refractivity contribution in [2.75, 3.05) is 26.2 Å². The predicted molar refractivity (Wildman–Crippen MR) is 77.0 cm³/mol. The number of hydrogen-bond acceptors (Lipinski definition) is 4. The van der Waals surface area contributed by atoms with Crippen LogP contribution < -0.4 is 5.32 Å². The first-order valence-electron chi connectivity index (χ1n) is 7.88. The van der Waals surface area contributed by atoms with Crippen molar-refractivity contribution < 1.29 is 10.2 Å². The molecule has 0 aromatic carbocycles. The molecule has 2 rings (SSSR count). The first kappa shape index (κ1) is 15.2. The van der Waals surface area contributed by atoms with Crippen LogP contribution in [0.15, 0.2) is 0 Å². The number of rotatable bonds is 6. The van der Waals surface area contributed by atoms with Crippen molar-refractivity contribution in [1.82, 2.24) is 10.2 Å². The number of likely N-dealkylation sites (tertiary alicyclic amines) is 1. The van der Waals surface area contributed by atoms with Crippen LogP contribution in [0.25, 0.3) is 0 Å². The molecule has 0 aromatic heterocycles. The van der Waals surface area contributed by atoms with E-state index in [0.29, 0.717) is 24.5 Å². The van der Waals surface area contributed by atoms with Gasteiger partial charge in [0, 0.05) is 31.7 Å². The topological polar surface area (TPSA) is 55.7 Å². The Morgan fingerprint density at radius 1 is 1.21 bits per heavy atom. The number of aliphatic hydroxyl groups excluding tert-OH is 2. The minimum atomic E-state index is -0.241. The standard InChI is InChI=1S/C15H30N2O2/c1-11(13-4-3-5-13)17-9-14(12(2)19)8-15(10-17)16-6-7-18/h11-16,18-19H,3-10H2,1-2H3. The quantitative estimate of drug-likeness (QED) is 0.669. The first-order valence-corrected chi connectivity index (χ1v) is 7.88. The lowest BCUT2D eigenvalue weighted by Gasteiger charge is -2.46. The molecule has 0 bridgehead atoms. The van der Waals surface area contributed by atoms with E-state index in [1.165, 1.54) is 19.3 Å². The molecule has 1 aliphatic heterocycles. The molecule has 4 heteroatoms. The summed E-state index contributed by atoms with van der Waals surface area (Å²) in [5, 5.41) is 22.3. The lowest BCUT2D eigenvalue weighted by Crippen LogP contribution is -2.56. The Morgan fingerprint density at radius 2 is 1.95 bits per heavy atom. The van der Waals surface area contributed by atoms with E-state index in [1.807, 2.05) is 6.92 Å². The van der Waals surface area contributed by atoms with Crippen molar-refractivity contribution in [2.24, 2.45) is 11.8 Å². The smallest absolute Gasteiger partial charge is 0.0556 e. The maximum atomic E-state index is 9.93. The minimum Gasteiger partial charge on any atom is -0.395 e. The molecule has 0 aromatic rings. The first-order chi connectivity index (χ1) is 9.11. The number of nitrogens with one attached hydrogen (secondary N) is 1. The Labute approximate surface area is 117 Å². The number of nitrogens with zero attached hydrogens (tertiary/aromatic N) is 1. The zero-order valence-electron chi connectivity index (χ0n) is 12.4. The third-order valence-corrected chi connectivity index (χ3v) is 5.15. The van der Waals surface area contributed by atoms with E-state index in [2.05, 4.69) is 17.1 Å². The van der Waals surface area contributed by atoms with E-state index >= 15 is 0 Å². The molecular formula is C15H30N2O2. The van der Waals surface area contributed by atoms with Gasteiger partial charge in [-0.3, -0.25) is 4.90 Å². The van der Waals surface area contributed by atoms with Crippen molar-refractivity contribution in [3.05, 3.63) is 0 Å². The Hall–Kier alpha value is -0.160. The number of aliphatic hydroxyl groups is 2. The summed E-state index contributed by atoms with van der Waals surface area (Å²) in [6.45, 7) is 7.17. The zero-order valence-corrected chi connectivity index (χ0v) is 12.4. The van der Waals surface area contributed by atoms with E-state index in [9.17, 15) is 5.11 Å². The van der Waals surface area contributed by atoms with E-state index in [-0.39, 0.29) is 12.7 Å². The maximum absolute atomic E-state index is 9.93. The monoisotopic (exact) mass is 270 g/mol. The second-order valence-electron chi connectivity index (χ2n) is 6.50. The molecule has 4 unspecified atom stereocenters. The van der Waals surface area contributed by atoms with Crippen LogP contribution in [-0.4, -0.2) is 59.5 Å². The van der Waals surface area contributed by atoms with Crippen LogP contribution in [0.5, 0.6) is 0 Å². The molecule has 1 saturated carbocycles. The zero-order chi connectivity index (χ0) is 13.8. The van der Waals surface area contributed by atoms with Gasteiger partial charge in [0.15, 0.2) is 0 Å². The lowest BCUT2D eigenvalue weighted by molar-refractivity contribution is 0.00811. The molecule has 2 fully saturated rings. The Bertz CT molecular complexity index is 269. The van der Waals surface area contributed by atoms with Crippen molar-refractivity contribution in [2.45, 2.75) is 57.7 Å². The van der Waals surface area contributed by atoms with Gasteiger partial charge in [0.25, 0.3) is 0 Å². The molecule has 1 saturated heterocycles. The van der Waals surface area contributed by atoms with Gasteiger partial charge in [0.05, 0.1) is 12.7 Å². The average molecular weight is 270 g/mol. The highest BCUT2D eigenvalue weighted by atomic mass is 16.3. The highest BCUT2D eigenvalue weighted by molar-refractivity contribution is 4.91. The van der Waals surface area contributed by atoms with E-state index in [0.717, 1.165) is 25.4 Å². The van der Waals surface area contributed by atoms with Gasteiger partial charge in [0.1, 0.15) is 0 Å². The van der Waals surface area contributed by atoms with Gasteiger partial charge in [-0.05, 0) is 44.9 Å². The molecule has 0 radical (unpaired) electrons. The number of piperidine rings is 1. The molecule has 19 heavy (non-hydrogen) atoms. The van der Waals surface area contributed by atoms with Gasteiger partial charge in [-0.15, -0.1) is 0 Å². The van der Waals surface area contributed by atoms with Crippen LogP contribution in [0.4, 0.5) is 0 Å². The molecule has 4 nitrogen and oxygen atoms in total. The summed E-state index contributed by atoms with van der Waals surface area (Å²) in [7, 11) is 0. The highest BCUT2D eigenvalue weighted by Crippen LogP contribution is 2.34. The Balaban J connectivity index is 1.92. The van der Waals surface area contributed by atoms with Crippen molar-refractivity contribution in [3.63, 3.8) is 0 Å². The van der Waals surface area contributed by atoms with Crippen LogP contribution in [0.2, 0.25) is 0 Å². The summed E-state index contributed by atoms with van der Waals surface area (Å²) in [6, 6.07) is 1.04. The summed E-state index contributed by atoms with van der Waals surface area (Å²) < 4.78 is 0. The molecule has 112 valence electrons. The third kappa shape index (κ3) is 3.91. The van der Waals surface area contributed by atoms with E-state index in [1.54, 1.807) is 0 Å².